The van der Waals surface area contributed by atoms with Crippen LogP contribution in [0.5, 0.6) is 0 Å². The number of rotatable bonds is 5. The van der Waals surface area contributed by atoms with E-state index >= 15 is 0 Å². The van der Waals surface area contributed by atoms with E-state index < -0.39 is 23.2 Å². The molecule has 116 valence electrons. The van der Waals surface area contributed by atoms with E-state index in [0.717, 1.165) is 25.7 Å². The Hall–Kier alpha value is -0.780. The minimum Gasteiger partial charge on any atom is -0.479 e. The molecule has 6 heteroatoms. The molecule has 1 aliphatic rings. The Morgan fingerprint density at radius 2 is 1.85 bits per heavy atom. The van der Waals surface area contributed by atoms with Crippen molar-refractivity contribution in [3.63, 3.8) is 0 Å². The first kappa shape index (κ1) is 17.3. The molecule has 0 spiro atoms. The van der Waals surface area contributed by atoms with Crippen LogP contribution in [0.25, 0.3) is 0 Å². The summed E-state index contributed by atoms with van der Waals surface area (Å²) >= 11 is 3.30. The number of hydrogen-bond donors (Lipinski definition) is 2. The Kier molecular flexibility index (Phi) is 5.86. The lowest BCUT2D eigenvalue weighted by atomic mass is 9.80. The molecule has 1 rings (SSSR count). The van der Waals surface area contributed by atoms with Crippen molar-refractivity contribution in [3.8, 4) is 0 Å². The van der Waals surface area contributed by atoms with Crippen LogP contribution in [0.4, 0.5) is 4.79 Å². The van der Waals surface area contributed by atoms with Gasteiger partial charge in [-0.1, -0.05) is 28.8 Å². The van der Waals surface area contributed by atoms with Crippen molar-refractivity contribution in [1.82, 2.24) is 5.32 Å². The van der Waals surface area contributed by atoms with Crippen molar-refractivity contribution in [2.45, 2.75) is 64.0 Å². The summed E-state index contributed by atoms with van der Waals surface area (Å²) in [6, 6.07) is 0. The lowest BCUT2D eigenvalue weighted by molar-refractivity contribution is -0.147. The Bertz CT molecular complexity index is 361. The number of carbonyl (C=O) groups is 2. The van der Waals surface area contributed by atoms with E-state index in [2.05, 4.69) is 21.2 Å². The Morgan fingerprint density at radius 3 is 2.25 bits per heavy atom. The van der Waals surface area contributed by atoms with Gasteiger partial charge in [-0.2, -0.15) is 0 Å². The van der Waals surface area contributed by atoms with Crippen LogP contribution in [-0.2, 0) is 9.53 Å². The molecule has 0 radical (unpaired) electrons. The number of aliphatic carboxylic acids is 1. The van der Waals surface area contributed by atoms with E-state index in [0.29, 0.717) is 11.8 Å². The fourth-order valence-corrected chi connectivity index (χ4v) is 3.38. The van der Waals surface area contributed by atoms with Gasteiger partial charge in [0.25, 0.3) is 0 Å². The van der Waals surface area contributed by atoms with Crippen LogP contribution in [0, 0.1) is 5.92 Å². The topological polar surface area (TPSA) is 75.6 Å². The number of amides is 1. The Labute approximate surface area is 128 Å². The van der Waals surface area contributed by atoms with Crippen LogP contribution >= 0.6 is 15.9 Å². The summed E-state index contributed by atoms with van der Waals surface area (Å²) in [5.41, 5.74) is -1.87. The summed E-state index contributed by atoms with van der Waals surface area (Å²) < 4.78 is 5.22. The molecular formula is C14H24BrNO4. The molecule has 0 aliphatic heterocycles. The standard InChI is InChI=1S/C14H24BrNO4/c1-13(2,3)20-12(19)16-14(8-9-15,11(17)18)10-6-4-5-7-10/h10H,4-9H2,1-3H3,(H,16,19)(H,17,18)/t14-/m0/s1. The van der Waals surface area contributed by atoms with Crippen molar-refractivity contribution >= 4 is 28.0 Å². The molecule has 1 aliphatic carbocycles. The van der Waals surface area contributed by atoms with Gasteiger partial charge in [-0.05, 0) is 46.0 Å². The van der Waals surface area contributed by atoms with Gasteiger partial charge in [-0.25, -0.2) is 9.59 Å². The van der Waals surface area contributed by atoms with Crippen LogP contribution in [0.1, 0.15) is 52.9 Å². The molecular weight excluding hydrogens is 326 g/mol. The number of carboxylic acids is 1. The quantitative estimate of drug-likeness (QED) is 0.746. The smallest absolute Gasteiger partial charge is 0.408 e. The van der Waals surface area contributed by atoms with E-state index in [1.807, 2.05) is 0 Å². The summed E-state index contributed by atoms with van der Waals surface area (Å²) in [7, 11) is 0. The molecule has 0 heterocycles. The molecule has 1 fully saturated rings. The van der Waals surface area contributed by atoms with Gasteiger partial charge in [-0.3, -0.25) is 0 Å². The molecule has 0 unspecified atom stereocenters. The third-order valence-corrected chi connectivity index (χ3v) is 4.04. The number of carboxylic acid groups (broad SMARTS) is 1. The SMILES string of the molecule is CC(C)(C)OC(=O)N[C@](CCBr)(C(=O)O)C1CCCC1. The zero-order valence-corrected chi connectivity index (χ0v) is 14.0. The predicted octanol–water partition coefficient (Wildman–Crippen LogP) is 3.31. The third kappa shape index (κ3) is 4.36. The van der Waals surface area contributed by atoms with Crippen LogP contribution in [0.3, 0.4) is 0 Å². The van der Waals surface area contributed by atoms with E-state index in [4.69, 9.17) is 4.74 Å². The fraction of sp³-hybridized carbons (Fsp3) is 0.857. The van der Waals surface area contributed by atoms with Gasteiger partial charge in [0.1, 0.15) is 11.1 Å². The summed E-state index contributed by atoms with van der Waals surface area (Å²) in [6.07, 6.45) is 3.37. The number of alkyl carbamates (subject to hydrolysis) is 1. The highest BCUT2D eigenvalue weighted by Crippen LogP contribution is 2.37. The molecule has 1 atom stereocenters. The van der Waals surface area contributed by atoms with Gasteiger partial charge in [-0.15, -0.1) is 0 Å². The lowest BCUT2D eigenvalue weighted by Gasteiger charge is -2.36. The summed E-state index contributed by atoms with van der Waals surface area (Å²) in [5.74, 6) is -1.01. The highest BCUT2D eigenvalue weighted by molar-refractivity contribution is 9.09. The molecule has 0 saturated heterocycles. The normalized spacial score (nSPS) is 19.4. The van der Waals surface area contributed by atoms with E-state index in [1.165, 1.54) is 0 Å². The molecule has 5 nitrogen and oxygen atoms in total. The Balaban J connectivity index is 2.91. The largest absolute Gasteiger partial charge is 0.479 e. The number of ether oxygens (including phenoxy) is 1. The zero-order valence-electron chi connectivity index (χ0n) is 12.4. The second kappa shape index (κ2) is 6.78. The lowest BCUT2D eigenvalue weighted by Crippen LogP contribution is -2.60. The van der Waals surface area contributed by atoms with E-state index in [9.17, 15) is 14.7 Å². The van der Waals surface area contributed by atoms with Gasteiger partial charge in [0.05, 0.1) is 0 Å². The average molecular weight is 350 g/mol. The molecule has 2 N–H and O–H groups in total. The van der Waals surface area contributed by atoms with Gasteiger partial charge in [0, 0.05) is 5.33 Å². The van der Waals surface area contributed by atoms with Crippen LogP contribution in [-0.4, -0.2) is 33.6 Å². The molecule has 0 aromatic heterocycles. The van der Waals surface area contributed by atoms with Gasteiger partial charge in [0.15, 0.2) is 0 Å². The molecule has 0 aromatic carbocycles. The van der Waals surface area contributed by atoms with Crippen LogP contribution < -0.4 is 5.32 Å². The Morgan fingerprint density at radius 1 is 1.30 bits per heavy atom. The van der Waals surface area contributed by atoms with Crippen LogP contribution in [0.15, 0.2) is 0 Å². The summed E-state index contributed by atoms with van der Waals surface area (Å²) in [6.45, 7) is 5.28. The average Bonchev–Trinajstić information content (AvgIpc) is 2.78. The van der Waals surface area contributed by atoms with Crippen molar-refractivity contribution in [2.75, 3.05) is 5.33 Å². The van der Waals surface area contributed by atoms with Gasteiger partial charge in [0.2, 0.25) is 0 Å². The second-order valence-electron chi connectivity index (χ2n) is 6.32. The monoisotopic (exact) mass is 349 g/mol. The molecule has 0 aromatic rings. The van der Waals surface area contributed by atoms with Gasteiger partial charge >= 0.3 is 12.1 Å². The van der Waals surface area contributed by atoms with Crippen LogP contribution in [0.2, 0.25) is 0 Å². The van der Waals surface area contributed by atoms with E-state index in [-0.39, 0.29) is 5.92 Å². The molecule has 0 bridgehead atoms. The van der Waals surface area contributed by atoms with Gasteiger partial charge < -0.3 is 15.2 Å². The van der Waals surface area contributed by atoms with Crippen molar-refractivity contribution in [1.29, 1.82) is 0 Å². The molecule has 20 heavy (non-hydrogen) atoms. The molecule has 1 saturated carbocycles. The number of carbonyl (C=O) groups excluding carboxylic acids is 1. The first-order valence-corrected chi connectivity index (χ1v) is 8.14. The van der Waals surface area contributed by atoms with E-state index in [1.54, 1.807) is 20.8 Å². The predicted molar refractivity (Wildman–Crippen MR) is 80.1 cm³/mol. The second-order valence-corrected chi connectivity index (χ2v) is 7.12. The van der Waals surface area contributed by atoms with Crippen molar-refractivity contribution in [3.05, 3.63) is 0 Å². The maximum atomic E-state index is 12.0. The van der Waals surface area contributed by atoms with Crippen molar-refractivity contribution in [2.24, 2.45) is 5.92 Å². The minimum absolute atomic E-state index is 0.0370. The summed E-state index contributed by atoms with van der Waals surface area (Å²) in [4.78, 5) is 23.8. The highest BCUT2D eigenvalue weighted by atomic mass is 79.9. The maximum absolute atomic E-state index is 12.0. The highest BCUT2D eigenvalue weighted by Gasteiger charge is 2.48. The first-order valence-electron chi connectivity index (χ1n) is 7.02. The minimum atomic E-state index is -1.23. The third-order valence-electron chi connectivity index (χ3n) is 3.65. The number of halogens is 1. The number of nitrogens with one attached hydrogen (secondary N) is 1. The summed E-state index contributed by atoms with van der Waals surface area (Å²) in [5, 5.41) is 12.8. The fourth-order valence-electron chi connectivity index (χ4n) is 2.76. The zero-order chi connectivity index (χ0) is 15.4. The maximum Gasteiger partial charge on any atom is 0.408 e. The molecule has 1 amide bonds. The number of alkyl halides is 1. The first-order chi connectivity index (χ1) is 9.21. The number of hydrogen-bond acceptors (Lipinski definition) is 3. The van der Waals surface area contributed by atoms with Crippen molar-refractivity contribution < 1.29 is 19.4 Å².